The van der Waals surface area contributed by atoms with Crippen molar-refractivity contribution in [3.8, 4) is 0 Å². The summed E-state index contributed by atoms with van der Waals surface area (Å²) >= 11 is 6.01. The number of esters is 1. The molecule has 2 aromatic heterocycles. The lowest BCUT2D eigenvalue weighted by molar-refractivity contribution is -0.144. The normalized spacial score (nSPS) is 12.0. The van der Waals surface area contributed by atoms with Crippen molar-refractivity contribution in [2.24, 2.45) is 0 Å². The number of pyridine rings is 2. The number of ether oxygens (including phenoxy) is 1. The van der Waals surface area contributed by atoms with E-state index in [0.29, 0.717) is 28.2 Å². The predicted octanol–water partition coefficient (Wildman–Crippen LogP) is 3.11. The van der Waals surface area contributed by atoms with Gasteiger partial charge in [-0.25, -0.2) is 14.6 Å². The molecule has 0 aliphatic heterocycles. The van der Waals surface area contributed by atoms with Gasteiger partial charge in [0.15, 0.2) is 0 Å². The van der Waals surface area contributed by atoms with E-state index in [2.05, 4.69) is 15.3 Å². The van der Waals surface area contributed by atoms with Gasteiger partial charge in [0.1, 0.15) is 24.0 Å². The first kappa shape index (κ1) is 22.5. The Kier molecular flexibility index (Phi) is 7.38. The Hall–Kier alpha value is -3.23. The van der Waals surface area contributed by atoms with Crippen LogP contribution < -0.4 is 5.32 Å². The van der Waals surface area contributed by atoms with Crippen LogP contribution in [0.5, 0.6) is 0 Å². The summed E-state index contributed by atoms with van der Waals surface area (Å²) in [6, 6.07) is 11.0. The van der Waals surface area contributed by atoms with Crippen molar-refractivity contribution in [2.45, 2.75) is 12.5 Å². The van der Waals surface area contributed by atoms with Gasteiger partial charge < -0.3 is 20.1 Å². The smallest absolute Gasteiger partial charge is 0.339 e. The average Bonchev–Trinajstić information content (AvgIpc) is 2.73. The molecule has 0 saturated heterocycles. The maximum Gasteiger partial charge on any atom is 0.339 e. The van der Waals surface area contributed by atoms with Crippen LogP contribution in [0.2, 0.25) is 5.02 Å². The molecule has 3 aromatic rings. The third kappa shape index (κ3) is 6.13. The molecule has 2 heterocycles. The van der Waals surface area contributed by atoms with Gasteiger partial charge in [-0.3, -0.25) is 4.98 Å². The fourth-order valence-corrected chi connectivity index (χ4v) is 3.12. The number of carboxylic acids is 1. The molecule has 162 valence electrons. The maximum absolute atomic E-state index is 12.8. The number of aromatic carboxylic acids is 1. The summed E-state index contributed by atoms with van der Waals surface area (Å²) in [4.78, 5) is 35.2. The highest BCUT2D eigenvalue weighted by atomic mass is 35.5. The van der Waals surface area contributed by atoms with E-state index in [1.807, 2.05) is 25.1 Å². The van der Waals surface area contributed by atoms with Gasteiger partial charge in [0.2, 0.25) is 0 Å². The zero-order chi connectivity index (χ0) is 22.4. The lowest BCUT2D eigenvalue weighted by atomic mass is 10.1. The Morgan fingerprint density at radius 1 is 1.23 bits per heavy atom. The number of nitrogens with one attached hydrogen (secondary N) is 1. The van der Waals surface area contributed by atoms with Gasteiger partial charge in [-0.1, -0.05) is 17.7 Å². The fraction of sp³-hybridized carbons (Fsp3) is 0.273. The van der Waals surface area contributed by atoms with E-state index in [1.54, 1.807) is 36.5 Å². The second-order valence-electron chi connectivity index (χ2n) is 7.22. The summed E-state index contributed by atoms with van der Waals surface area (Å²) in [6.45, 7) is 0.777. The van der Waals surface area contributed by atoms with Crippen LogP contribution in [0.4, 0.5) is 5.82 Å². The van der Waals surface area contributed by atoms with Crippen molar-refractivity contribution in [3.05, 3.63) is 64.9 Å². The number of carbonyl (C=O) groups excluding carboxylic acids is 1. The van der Waals surface area contributed by atoms with Crippen molar-refractivity contribution in [1.29, 1.82) is 0 Å². The van der Waals surface area contributed by atoms with E-state index in [1.165, 1.54) is 6.07 Å². The summed E-state index contributed by atoms with van der Waals surface area (Å²) in [5.41, 5.74) is 1.14. The maximum atomic E-state index is 12.8. The number of halogens is 1. The highest BCUT2D eigenvalue weighted by Gasteiger charge is 2.25. The standard InChI is InChI=1S/C22H23ClN4O4/c1-27(2)9-10-31-22(30)19(13-16-5-3-4-8-24-16)26-20-17(21(28)29)12-14-11-15(23)6-7-18(14)25-20/h3-8,11-12,19H,9-10,13H2,1-2H3,(H,25,26)(H,28,29). The Labute approximate surface area is 184 Å². The van der Waals surface area contributed by atoms with Crippen molar-refractivity contribution in [1.82, 2.24) is 14.9 Å². The molecule has 1 aromatic carbocycles. The molecular formula is C22H23ClN4O4. The lowest BCUT2D eigenvalue weighted by Crippen LogP contribution is -2.36. The molecule has 0 radical (unpaired) electrons. The summed E-state index contributed by atoms with van der Waals surface area (Å²) < 4.78 is 5.40. The fourth-order valence-electron chi connectivity index (χ4n) is 2.94. The largest absolute Gasteiger partial charge is 0.478 e. The van der Waals surface area contributed by atoms with E-state index in [4.69, 9.17) is 16.3 Å². The summed E-state index contributed by atoms with van der Waals surface area (Å²) in [6.07, 6.45) is 1.84. The van der Waals surface area contributed by atoms with Crippen LogP contribution >= 0.6 is 11.6 Å². The van der Waals surface area contributed by atoms with Crippen molar-refractivity contribution < 1.29 is 19.4 Å². The van der Waals surface area contributed by atoms with Gasteiger partial charge in [-0.2, -0.15) is 0 Å². The van der Waals surface area contributed by atoms with Crippen LogP contribution in [0, 0.1) is 0 Å². The number of fused-ring (bicyclic) bond motifs is 1. The summed E-state index contributed by atoms with van der Waals surface area (Å²) in [5, 5.41) is 13.7. The first-order valence-corrected chi connectivity index (χ1v) is 10.0. The monoisotopic (exact) mass is 442 g/mol. The van der Waals surface area contributed by atoms with Crippen LogP contribution in [0.25, 0.3) is 10.9 Å². The van der Waals surface area contributed by atoms with Crippen LogP contribution in [-0.4, -0.2) is 65.2 Å². The third-order valence-corrected chi connectivity index (χ3v) is 4.76. The Balaban J connectivity index is 1.92. The Morgan fingerprint density at radius 2 is 2.03 bits per heavy atom. The number of carbonyl (C=O) groups is 2. The van der Waals surface area contributed by atoms with Crippen molar-refractivity contribution in [3.63, 3.8) is 0 Å². The molecule has 0 saturated carbocycles. The van der Waals surface area contributed by atoms with E-state index in [-0.39, 0.29) is 24.4 Å². The summed E-state index contributed by atoms with van der Waals surface area (Å²) in [5.74, 6) is -1.61. The molecule has 0 aliphatic rings. The molecule has 0 bridgehead atoms. The average molecular weight is 443 g/mol. The molecule has 2 N–H and O–H groups in total. The van der Waals surface area contributed by atoms with E-state index in [0.717, 1.165) is 0 Å². The lowest BCUT2D eigenvalue weighted by Gasteiger charge is -2.20. The molecule has 0 amide bonds. The van der Waals surface area contributed by atoms with Gasteiger partial charge >= 0.3 is 11.9 Å². The second kappa shape index (κ2) is 10.2. The van der Waals surface area contributed by atoms with Crippen molar-refractivity contribution in [2.75, 3.05) is 32.6 Å². The van der Waals surface area contributed by atoms with Gasteiger partial charge in [-0.05, 0) is 50.5 Å². The van der Waals surface area contributed by atoms with E-state index in [9.17, 15) is 14.7 Å². The number of hydrogen-bond acceptors (Lipinski definition) is 7. The molecule has 3 rings (SSSR count). The highest BCUT2D eigenvalue weighted by Crippen LogP contribution is 2.24. The quantitative estimate of drug-likeness (QED) is 0.487. The highest BCUT2D eigenvalue weighted by molar-refractivity contribution is 6.31. The van der Waals surface area contributed by atoms with Crippen molar-refractivity contribution >= 4 is 40.3 Å². The topological polar surface area (TPSA) is 105 Å². The summed E-state index contributed by atoms with van der Waals surface area (Å²) in [7, 11) is 3.75. The first-order valence-electron chi connectivity index (χ1n) is 9.65. The zero-order valence-electron chi connectivity index (χ0n) is 17.2. The third-order valence-electron chi connectivity index (χ3n) is 4.52. The Morgan fingerprint density at radius 3 is 2.71 bits per heavy atom. The minimum absolute atomic E-state index is 0.0677. The number of aromatic nitrogens is 2. The number of benzene rings is 1. The number of carboxylic acid groups (broad SMARTS) is 1. The molecule has 0 fully saturated rings. The van der Waals surface area contributed by atoms with Crippen LogP contribution in [0.1, 0.15) is 16.1 Å². The molecule has 9 heteroatoms. The molecule has 0 spiro atoms. The van der Waals surface area contributed by atoms with Gasteiger partial charge in [0, 0.05) is 35.3 Å². The van der Waals surface area contributed by atoms with Gasteiger partial charge in [0.05, 0.1) is 5.52 Å². The minimum Gasteiger partial charge on any atom is -0.478 e. The van der Waals surface area contributed by atoms with Gasteiger partial charge in [-0.15, -0.1) is 0 Å². The SMILES string of the molecule is CN(C)CCOC(=O)C(Cc1ccccn1)Nc1nc2ccc(Cl)cc2cc1C(=O)O. The number of nitrogens with zero attached hydrogens (tertiary/aromatic N) is 3. The molecule has 0 aliphatic carbocycles. The predicted molar refractivity (Wildman–Crippen MR) is 119 cm³/mol. The van der Waals surface area contributed by atoms with Gasteiger partial charge in [0.25, 0.3) is 0 Å². The first-order chi connectivity index (χ1) is 14.8. The second-order valence-corrected chi connectivity index (χ2v) is 7.66. The molecule has 8 nitrogen and oxygen atoms in total. The molecule has 31 heavy (non-hydrogen) atoms. The molecule has 1 atom stereocenters. The van der Waals surface area contributed by atoms with Crippen LogP contribution in [-0.2, 0) is 16.0 Å². The minimum atomic E-state index is -1.17. The zero-order valence-corrected chi connectivity index (χ0v) is 18.0. The molecule has 1 unspecified atom stereocenters. The molecular weight excluding hydrogens is 420 g/mol. The van der Waals surface area contributed by atoms with E-state index >= 15 is 0 Å². The number of likely N-dealkylation sites (N-methyl/N-ethyl adjacent to an activating group) is 1. The van der Waals surface area contributed by atoms with E-state index < -0.39 is 18.0 Å². The van der Waals surface area contributed by atoms with Crippen LogP contribution in [0.15, 0.2) is 48.7 Å². The van der Waals surface area contributed by atoms with Crippen LogP contribution in [0.3, 0.4) is 0 Å². The Bertz CT molecular complexity index is 1080. The number of anilines is 1. The number of rotatable bonds is 9. The number of hydrogen-bond donors (Lipinski definition) is 2.